The summed E-state index contributed by atoms with van der Waals surface area (Å²) in [6, 6.07) is 10.2. The Balaban J connectivity index is 1.53. The SMILES string of the molecule is Cc1nn(CCCNC(=O)c2cccc(COc3c(Cl)cc(Cl)cc3Cl)c2)c(Cl)c1Cl. The Bertz CT molecular complexity index is 1080. The van der Waals surface area contributed by atoms with Crippen molar-refractivity contribution < 1.29 is 9.53 Å². The molecular formula is C21H18Cl5N3O2. The van der Waals surface area contributed by atoms with Gasteiger partial charge >= 0.3 is 0 Å². The average Bonchev–Trinajstić information content (AvgIpc) is 2.97. The number of halogens is 5. The lowest BCUT2D eigenvalue weighted by Crippen LogP contribution is -2.25. The van der Waals surface area contributed by atoms with Gasteiger partial charge in [-0.2, -0.15) is 5.10 Å². The molecule has 0 fully saturated rings. The van der Waals surface area contributed by atoms with Crippen LogP contribution in [-0.4, -0.2) is 22.2 Å². The van der Waals surface area contributed by atoms with Gasteiger partial charge in [0.2, 0.25) is 0 Å². The minimum absolute atomic E-state index is 0.190. The molecule has 31 heavy (non-hydrogen) atoms. The van der Waals surface area contributed by atoms with E-state index in [-0.39, 0.29) is 12.5 Å². The number of amides is 1. The van der Waals surface area contributed by atoms with Crippen molar-refractivity contribution in [2.45, 2.75) is 26.5 Å². The van der Waals surface area contributed by atoms with Crippen molar-refractivity contribution in [1.29, 1.82) is 0 Å². The van der Waals surface area contributed by atoms with E-state index in [1.54, 1.807) is 41.9 Å². The molecule has 3 aromatic rings. The summed E-state index contributed by atoms with van der Waals surface area (Å²) < 4.78 is 7.35. The lowest BCUT2D eigenvalue weighted by molar-refractivity contribution is 0.0952. The first-order chi connectivity index (χ1) is 14.8. The van der Waals surface area contributed by atoms with Gasteiger partial charge in [-0.05, 0) is 43.2 Å². The molecule has 0 aliphatic heterocycles. The number of hydrogen-bond acceptors (Lipinski definition) is 3. The van der Waals surface area contributed by atoms with E-state index in [0.717, 1.165) is 5.56 Å². The summed E-state index contributed by atoms with van der Waals surface area (Å²) in [5.74, 6) is 0.153. The molecule has 0 saturated heterocycles. The van der Waals surface area contributed by atoms with Crippen LogP contribution in [0.15, 0.2) is 36.4 Å². The lowest BCUT2D eigenvalue weighted by atomic mass is 10.1. The Morgan fingerprint density at radius 2 is 1.81 bits per heavy atom. The fourth-order valence-corrected chi connectivity index (χ4v) is 4.16. The summed E-state index contributed by atoms with van der Waals surface area (Å²) in [7, 11) is 0. The molecule has 1 N–H and O–H groups in total. The molecule has 0 radical (unpaired) electrons. The van der Waals surface area contributed by atoms with E-state index < -0.39 is 0 Å². The van der Waals surface area contributed by atoms with Gasteiger partial charge in [0.05, 0.1) is 15.7 Å². The molecule has 2 aromatic carbocycles. The van der Waals surface area contributed by atoms with Gasteiger partial charge in [0.15, 0.2) is 5.75 Å². The molecule has 3 rings (SSSR count). The molecule has 0 bridgehead atoms. The number of nitrogens with one attached hydrogen (secondary N) is 1. The van der Waals surface area contributed by atoms with Crippen LogP contribution >= 0.6 is 58.0 Å². The fraction of sp³-hybridized carbons (Fsp3) is 0.238. The molecule has 1 heterocycles. The molecule has 0 spiro atoms. The van der Waals surface area contributed by atoms with E-state index in [1.165, 1.54) is 0 Å². The van der Waals surface area contributed by atoms with Gasteiger partial charge in [-0.1, -0.05) is 70.1 Å². The van der Waals surface area contributed by atoms with Crippen LogP contribution < -0.4 is 10.1 Å². The summed E-state index contributed by atoms with van der Waals surface area (Å²) in [6.45, 7) is 2.99. The van der Waals surface area contributed by atoms with Crippen LogP contribution in [0, 0.1) is 6.92 Å². The predicted octanol–water partition coefficient (Wildman–Crippen LogP) is 6.86. The van der Waals surface area contributed by atoms with Gasteiger partial charge in [-0.15, -0.1) is 0 Å². The second-order valence-corrected chi connectivity index (χ2v) is 8.70. The number of benzene rings is 2. The highest BCUT2D eigenvalue weighted by Crippen LogP contribution is 2.36. The number of nitrogens with zero attached hydrogens (tertiary/aromatic N) is 2. The van der Waals surface area contributed by atoms with E-state index >= 15 is 0 Å². The van der Waals surface area contributed by atoms with Gasteiger partial charge in [0, 0.05) is 23.7 Å². The van der Waals surface area contributed by atoms with Crippen LogP contribution in [0.5, 0.6) is 5.75 Å². The Morgan fingerprint density at radius 3 is 2.45 bits per heavy atom. The Kier molecular flexibility index (Phi) is 8.36. The molecule has 0 atom stereocenters. The van der Waals surface area contributed by atoms with E-state index in [9.17, 15) is 4.79 Å². The van der Waals surface area contributed by atoms with Crippen molar-refractivity contribution in [1.82, 2.24) is 15.1 Å². The first-order valence-electron chi connectivity index (χ1n) is 9.29. The van der Waals surface area contributed by atoms with Crippen molar-refractivity contribution in [3.05, 3.63) is 78.5 Å². The van der Waals surface area contributed by atoms with Gasteiger partial charge in [-0.3, -0.25) is 9.48 Å². The predicted molar refractivity (Wildman–Crippen MR) is 126 cm³/mol. The molecule has 164 valence electrons. The first kappa shape index (κ1) is 24.0. The highest BCUT2D eigenvalue weighted by Gasteiger charge is 2.12. The average molecular weight is 522 g/mol. The summed E-state index contributed by atoms with van der Waals surface area (Å²) in [6.07, 6.45) is 0.652. The zero-order chi connectivity index (χ0) is 22.5. The number of carbonyl (C=O) groups is 1. The van der Waals surface area contributed by atoms with Crippen LogP contribution in [0.3, 0.4) is 0 Å². The quantitative estimate of drug-likeness (QED) is 0.330. The van der Waals surface area contributed by atoms with Crippen LogP contribution in [0.2, 0.25) is 25.2 Å². The summed E-state index contributed by atoms with van der Waals surface area (Å²) in [5.41, 5.74) is 1.99. The van der Waals surface area contributed by atoms with Gasteiger partial charge < -0.3 is 10.1 Å². The van der Waals surface area contributed by atoms with Crippen molar-refractivity contribution >= 4 is 63.9 Å². The van der Waals surface area contributed by atoms with E-state index in [0.29, 0.717) is 61.8 Å². The molecule has 1 aromatic heterocycles. The number of ether oxygens (including phenoxy) is 1. The second-order valence-electron chi connectivity index (χ2n) is 6.71. The van der Waals surface area contributed by atoms with Gasteiger partial charge in [0.1, 0.15) is 16.8 Å². The first-order valence-corrected chi connectivity index (χ1v) is 11.2. The second kappa shape index (κ2) is 10.8. The maximum absolute atomic E-state index is 12.5. The van der Waals surface area contributed by atoms with Crippen molar-refractivity contribution in [2.75, 3.05) is 6.54 Å². The highest BCUT2D eigenvalue weighted by molar-refractivity contribution is 6.42. The van der Waals surface area contributed by atoms with Gasteiger partial charge in [0.25, 0.3) is 5.91 Å². The zero-order valence-corrected chi connectivity index (χ0v) is 20.2. The van der Waals surface area contributed by atoms with E-state index in [1.807, 2.05) is 6.07 Å². The molecule has 5 nitrogen and oxygen atoms in total. The summed E-state index contributed by atoms with van der Waals surface area (Å²) in [4.78, 5) is 12.5. The normalized spacial score (nSPS) is 10.9. The van der Waals surface area contributed by atoms with Crippen LogP contribution in [0.1, 0.15) is 28.0 Å². The maximum Gasteiger partial charge on any atom is 0.251 e. The topological polar surface area (TPSA) is 56.2 Å². The van der Waals surface area contributed by atoms with Crippen molar-refractivity contribution in [3.63, 3.8) is 0 Å². The van der Waals surface area contributed by atoms with E-state index in [4.69, 9.17) is 62.7 Å². The third-order valence-electron chi connectivity index (χ3n) is 4.36. The minimum Gasteiger partial charge on any atom is -0.486 e. The third-order valence-corrected chi connectivity index (χ3v) is 6.08. The lowest BCUT2D eigenvalue weighted by Gasteiger charge is -2.11. The number of aryl methyl sites for hydroxylation is 2. The van der Waals surface area contributed by atoms with Crippen LogP contribution in [0.25, 0.3) is 0 Å². The molecule has 0 aliphatic carbocycles. The van der Waals surface area contributed by atoms with Gasteiger partial charge in [-0.25, -0.2) is 0 Å². The van der Waals surface area contributed by atoms with E-state index in [2.05, 4.69) is 10.4 Å². The number of carbonyl (C=O) groups excluding carboxylic acids is 1. The number of rotatable bonds is 8. The van der Waals surface area contributed by atoms with Crippen LogP contribution in [0.4, 0.5) is 0 Å². The monoisotopic (exact) mass is 519 g/mol. The van der Waals surface area contributed by atoms with Crippen molar-refractivity contribution in [3.8, 4) is 5.75 Å². The minimum atomic E-state index is -0.190. The highest BCUT2D eigenvalue weighted by atomic mass is 35.5. The van der Waals surface area contributed by atoms with Crippen LogP contribution in [-0.2, 0) is 13.2 Å². The molecule has 0 unspecified atom stereocenters. The zero-order valence-electron chi connectivity index (χ0n) is 16.4. The molecule has 10 heteroatoms. The van der Waals surface area contributed by atoms with Crippen molar-refractivity contribution in [2.24, 2.45) is 0 Å². The molecule has 0 saturated carbocycles. The number of aromatic nitrogens is 2. The largest absolute Gasteiger partial charge is 0.486 e. The third kappa shape index (κ3) is 6.21. The molecular weight excluding hydrogens is 504 g/mol. The Labute approximate surface area is 205 Å². The number of hydrogen-bond donors (Lipinski definition) is 1. The molecule has 1 amide bonds. The fourth-order valence-electron chi connectivity index (χ4n) is 2.84. The summed E-state index contributed by atoms with van der Waals surface area (Å²) in [5, 5.41) is 9.06. The standard InChI is InChI=1S/C21H18Cl5N3O2/c1-12-18(25)20(26)29(28-12)7-3-6-27-21(30)14-5-2-4-13(8-14)11-31-19-16(23)9-15(22)10-17(19)24/h2,4-5,8-10H,3,6-7,11H2,1H3,(H,27,30). The smallest absolute Gasteiger partial charge is 0.251 e. The maximum atomic E-state index is 12.5. The summed E-state index contributed by atoms with van der Waals surface area (Å²) >= 11 is 30.3. The molecule has 0 aliphatic rings. The Hall–Kier alpha value is -1.63. The Morgan fingerprint density at radius 1 is 1.10 bits per heavy atom.